The van der Waals surface area contributed by atoms with Crippen LogP contribution in [-0.4, -0.2) is 29.8 Å². The van der Waals surface area contributed by atoms with E-state index in [1.807, 2.05) is 0 Å². The molecule has 2 aliphatic rings. The molecule has 2 fully saturated rings. The van der Waals surface area contributed by atoms with E-state index >= 15 is 0 Å². The first kappa shape index (κ1) is 8.89. The number of thiol groups is 1. The van der Waals surface area contributed by atoms with Crippen LogP contribution in [0.3, 0.4) is 0 Å². The van der Waals surface area contributed by atoms with Crippen LogP contribution in [-0.2, 0) is 0 Å². The molecule has 1 unspecified atom stereocenters. The number of fused-ring (bicyclic) bond motifs is 1. The van der Waals surface area contributed by atoms with E-state index in [1.54, 1.807) is 0 Å². The third kappa shape index (κ3) is 1.64. The van der Waals surface area contributed by atoms with E-state index in [0.29, 0.717) is 0 Å². The van der Waals surface area contributed by atoms with E-state index in [-0.39, 0.29) is 0 Å². The van der Waals surface area contributed by atoms with Gasteiger partial charge in [0.15, 0.2) is 0 Å². The van der Waals surface area contributed by atoms with Crippen molar-refractivity contribution in [2.45, 2.75) is 38.1 Å². The maximum absolute atomic E-state index is 4.45. The van der Waals surface area contributed by atoms with Crippen LogP contribution in [0.15, 0.2) is 0 Å². The second-order valence-corrected chi connectivity index (χ2v) is 4.55. The van der Waals surface area contributed by atoms with E-state index in [0.717, 1.165) is 17.7 Å². The fraction of sp³-hybridized carbons (Fsp3) is 1.00. The number of hydrogen-bond acceptors (Lipinski definition) is 2. The fourth-order valence-corrected chi connectivity index (χ4v) is 3.22. The largest absolute Gasteiger partial charge is 0.300 e. The second-order valence-electron chi connectivity index (χ2n) is 4.18. The van der Waals surface area contributed by atoms with Gasteiger partial charge in [-0.1, -0.05) is 6.42 Å². The van der Waals surface area contributed by atoms with Gasteiger partial charge in [-0.3, -0.25) is 0 Å². The lowest BCUT2D eigenvalue weighted by molar-refractivity contribution is 0.0694. The molecule has 0 N–H and O–H groups in total. The molecule has 0 amide bonds. The third-order valence-corrected chi connectivity index (χ3v) is 3.93. The zero-order valence-electron chi connectivity index (χ0n) is 7.71. The number of rotatable bonds is 1. The monoisotopic (exact) mass is 185 g/mol. The van der Waals surface area contributed by atoms with Crippen LogP contribution < -0.4 is 0 Å². The van der Waals surface area contributed by atoms with Gasteiger partial charge in [0.2, 0.25) is 0 Å². The summed E-state index contributed by atoms with van der Waals surface area (Å²) in [6.07, 6.45) is 7.14. The Morgan fingerprint density at radius 2 is 1.92 bits per heavy atom. The van der Waals surface area contributed by atoms with Crippen LogP contribution >= 0.6 is 12.6 Å². The molecule has 2 rings (SSSR count). The number of piperidine rings is 2. The molecule has 0 bridgehead atoms. The average molecular weight is 185 g/mol. The minimum absolute atomic E-state index is 0.891. The molecule has 0 radical (unpaired) electrons. The average Bonchev–Trinajstić information content (AvgIpc) is 2.17. The molecule has 2 aliphatic heterocycles. The van der Waals surface area contributed by atoms with Crippen molar-refractivity contribution < 1.29 is 0 Å². The highest BCUT2D eigenvalue weighted by Crippen LogP contribution is 2.31. The van der Waals surface area contributed by atoms with E-state index in [1.165, 1.54) is 45.2 Å². The molecule has 2 heterocycles. The lowest BCUT2D eigenvalue weighted by Gasteiger charge is -2.44. The van der Waals surface area contributed by atoms with E-state index in [9.17, 15) is 0 Å². The van der Waals surface area contributed by atoms with E-state index in [2.05, 4.69) is 17.5 Å². The standard InChI is InChI=1S/C10H19NS/c12-8-9-4-3-7-11-6-2-1-5-10(9)11/h9-10,12H,1-8H2/t9?,10-/m0/s1. The van der Waals surface area contributed by atoms with E-state index < -0.39 is 0 Å². The van der Waals surface area contributed by atoms with Crippen LogP contribution in [0.25, 0.3) is 0 Å². The van der Waals surface area contributed by atoms with Gasteiger partial charge in [-0.15, -0.1) is 0 Å². The van der Waals surface area contributed by atoms with Crippen molar-refractivity contribution in [3.63, 3.8) is 0 Å². The fourth-order valence-electron chi connectivity index (χ4n) is 2.79. The zero-order chi connectivity index (χ0) is 8.39. The van der Waals surface area contributed by atoms with Gasteiger partial charge in [-0.05, 0) is 50.4 Å². The molecule has 0 aromatic heterocycles. The first-order valence-electron chi connectivity index (χ1n) is 5.26. The Hall–Kier alpha value is 0.310. The predicted octanol–water partition coefficient (Wildman–Crippen LogP) is 2.18. The van der Waals surface area contributed by atoms with Gasteiger partial charge in [-0.25, -0.2) is 0 Å². The van der Waals surface area contributed by atoms with Gasteiger partial charge in [0.1, 0.15) is 0 Å². The van der Waals surface area contributed by atoms with Crippen molar-refractivity contribution in [3.8, 4) is 0 Å². The zero-order valence-corrected chi connectivity index (χ0v) is 8.60. The van der Waals surface area contributed by atoms with Crippen LogP contribution in [0.1, 0.15) is 32.1 Å². The Morgan fingerprint density at radius 3 is 2.75 bits per heavy atom. The summed E-state index contributed by atoms with van der Waals surface area (Å²) in [7, 11) is 0. The molecule has 0 aromatic carbocycles. The van der Waals surface area contributed by atoms with Crippen molar-refractivity contribution in [3.05, 3.63) is 0 Å². The Labute approximate surface area is 80.9 Å². The topological polar surface area (TPSA) is 3.24 Å². The van der Waals surface area contributed by atoms with Crippen LogP contribution in [0, 0.1) is 5.92 Å². The molecule has 0 aromatic rings. The van der Waals surface area contributed by atoms with Gasteiger partial charge in [0.25, 0.3) is 0 Å². The number of hydrogen-bond donors (Lipinski definition) is 1. The molecule has 2 atom stereocenters. The highest BCUT2D eigenvalue weighted by Gasteiger charge is 2.31. The summed E-state index contributed by atoms with van der Waals surface area (Å²) in [6, 6.07) is 0.894. The second kappa shape index (κ2) is 4.01. The van der Waals surface area contributed by atoms with Crippen LogP contribution in [0.2, 0.25) is 0 Å². The highest BCUT2D eigenvalue weighted by atomic mass is 32.1. The summed E-state index contributed by atoms with van der Waals surface area (Å²) in [5, 5.41) is 0. The molecule has 2 heteroatoms. The van der Waals surface area contributed by atoms with Crippen molar-refractivity contribution >= 4 is 12.6 Å². The van der Waals surface area contributed by atoms with Gasteiger partial charge in [0, 0.05) is 6.04 Å². The first-order valence-corrected chi connectivity index (χ1v) is 5.90. The summed E-state index contributed by atoms with van der Waals surface area (Å²) in [4.78, 5) is 2.70. The molecular weight excluding hydrogens is 166 g/mol. The van der Waals surface area contributed by atoms with Gasteiger partial charge in [0.05, 0.1) is 0 Å². The molecular formula is C10H19NS. The molecule has 12 heavy (non-hydrogen) atoms. The summed E-state index contributed by atoms with van der Waals surface area (Å²) in [5.74, 6) is 1.99. The molecule has 70 valence electrons. The lowest BCUT2D eigenvalue weighted by Crippen LogP contribution is -2.48. The Bertz CT molecular complexity index is 140. The summed E-state index contributed by atoms with van der Waals surface area (Å²) < 4.78 is 0. The van der Waals surface area contributed by atoms with Gasteiger partial charge < -0.3 is 4.90 Å². The third-order valence-electron chi connectivity index (χ3n) is 3.46. The molecule has 2 saturated heterocycles. The first-order chi connectivity index (χ1) is 5.92. The van der Waals surface area contributed by atoms with Crippen molar-refractivity contribution in [1.29, 1.82) is 0 Å². The van der Waals surface area contributed by atoms with Gasteiger partial charge >= 0.3 is 0 Å². The SMILES string of the molecule is SCC1CCCN2CCCC[C@@H]12. The van der Waals surface area contributed by atoms with Crippen LogP contribution in [0.4, 0.5) is 0 Å². The van der Waals surface area contributed by atoms with Crippen molar-refractivity contribution in [2.75, 3.05) is 18.8 Å². The lowest BCUT2D eigenvalue weighted by atomic mass is 9.85. The maximum atomic E-state index is 4.45. The molecule has 0 aliphatic carbocycles. The van der Waals surface area contributed by atoms with Crippen LogP contribution in [0.5, 0.6) is 0 Å². The summed E-state index contributed by atoms with van der Waals surface area (Å²) >= 11 is 4.45. The van der Waals surface area contributed by atoms with E-state index in [4.69, 9.17) is 0 Å². The molecule has 0 spiro atoms. The minimum Gasteiger partial charge on any atom is -0.300 e. The summed E-state index contributed by atoms with van der Waals surface area (Å²) in [5.41, 5.74) is 0. The quantitative estimate of drug-likeness (QED) is 0.613. The Kier molecular flexibility index (Phi) is 2.97. The van der Waals surface area contributed by atoms with Gasteiger partial charge in [-0.2, -0.15) is 12.6 Å². The summed E-state index contributed by atoms with van der Waals surface area (Å²) in [6.45, 7) is 2.71. The highest BCUT2D eigenvalue weighted by molar-refractivity contribution is 7.80. The van der Waals surface area contributed by atoms with Crippen molar-refractivity contribution in [1.82, 2.24) is 4.90 Å². The maximum Gasteiger partial charge on any atom is 0.0131 e. The predicted molar refractivity (Wildman–Crippen MR) is 55.8 cm³/mol. The number of nitrogens with zero attached hydrogens (tertiary/aromatic N) is 1. The minimum atomic E-state index is 0.891. The smallest absolute Gasteiger partial charge is 0.0131 e. The molecule has 1 nitrogen and oxygen atoms in total. The Morgan fingerprint density at radius 1 is 1.08 bits per heavy atom. The normalized spacial score (nSPS) is 37.8. The Balaban J connectivity index is 1.99. The van der Waals surface area contributed by atoms with Crippen molar-refractivity contribution in [2.24, 2.45) is 5.92 Å². The molecule has 0 saturated carbocycles.